The number of methoxy groups -OCH3 is 2. The van der Waals surface area contributed by atoms with Crippen molar-refractivity contribution in [1.82, 2.24) is 0 Å². The molecule has 0 aromatic heterocycles. The van der Waals surface area contributed by atoms with E-state index in [0.717, 1.165) is 5.56 Å². The summed E-state index contributed by atoms with van der Waals surface area (Å²) in [4.78, 5) is 11.7. The van der Waals surface area contributed by atoms with Gasteiger partial charge in [-0.2, -0.15) is 0 Å². The highest BCUT2D eigenvalue weighted by atomic mass is 16.7. The van der Waals surface area contributed by atoms with Gasteiger partial charge in [0.05, 0.1) is 19.8 Å². The number of ether oxygens (including phenoxy) is 4. The molecule has 0 saturated carbocycles. The fourth-order valence-electron chi connectivity index (χ4n) is 1.91. The summed E-state index contributed by atoms with van der Waals surface area (Å²) in [5.74, 6) is 1.21. The second-order valence-electron chi connectivity index (χ2n) is 3.51. The van der Waals surface area contributed by atoms with Crippen molar-refractivity contribution in [3.8, 4) is 17.2 Å². The van der Waals surface area contributed by atoms with Crippen LogP contribution in [0.1, 0.15) is 22.8 Å². The van der Waals surface area contributed by atoms with Crippen LogP contribution < -0.4 is 14.2 Å². The number of fused-ring (bicyclic) bond motifs is 1. The third-order valence-corrected chi connectivity index (χ3v) is 2.69. The third-order valence-electron chi connectivity index (χ3n) is 2.69. The average molecular weight is 238 g/mol. The Hall–Kier alpha value is -1.91. The smallest absolute Gasteiger partial charge is 0.338 e. The molecule has 0 unspecified atom stereocenters. The van der Waals surface area contributed by atoms with Crippen LogP contribution in [0.5, 0.6) is 17.2 Å². The molecule has 5 heteroatoms. The third kappa shape index (κ3) is 1.77. The van der Waals surface area contributed by atoms with Crippen LogP contribution >= 0.6 is 0 Å². The van der Waals surface area contributed by atoms with Gasteiger partial charge in [-0.1, -0.05) is 6.92 Å². The predicted molar refractivity (Wildman–Crippen MR) is 59.8 cm³/mol. The maximum Gasteiger partial charge on any atom is 0.338 e. The van der Waals surface area contributed by atoms with Crippen molar-refractivity contribution < 1.29 is 23.7 Å². The molecule has 0 N–H and O–H groups in total. The first kappa shape index (κ1) is 11.6. The van der Waals surface area contributed by atoms with E-state index in [1.54, 1.807) is 6.07 Å². The number of esters is 1. The van der Waals surface area contributed by atoms with Gasteiger partial charge in [0.15, 0.2) is 11.5 Å². The molecule has 1 aromatic carbocycles. The normalized spacial score (nSPS) is 12.4. The first-order valence-corrected chi connectivity index (χ1v) is 5.30. The van der Waals surface area contributed by atoms with Gasteiger partial charge in [-0.05, 0) is 12.5 Å². The van der Waals surface area contributed by atoms with Crippen LogP contribution in [0.3, 0.4) is 0 Å². The number of benzene rings is 1. The Morgan fingerprint density at radius 3 is 2.76 bits per heavy atom. The van der Waals surface area contributed by atoms with E-state index in [1.807, 2.05) is 6.92 Å². The molecule has 1 heterocycles. The van der Waals surface area contributed by atoms with Crippen molar-refractivity contribution >= 4 is 5.97 Å². The Labute approximate surface area is 99.2 Å². The standard InChI is InChI=1S/C12H14O5/c1-4-7-8(12(13)15-3)5-9-11(10(7)14-2)17-6-16-9/h5H,4,6H2,1-3H3. The lowest BCUT2D eigenvalue weighted by molar-refractivity contribution is 0.0598. The Morgan fingerprint density at radius 1 is 1.41 bits per heavy atom. The van der Waals surface area contributed by atoms with Crippen LogP contribution in [-0.2, 0) is 11.2 Å². The molecular weight excluding hydrogens is 224 g/mol. The van der Waals surface area contributed by atoms with Crippen molar-refractivity contribution in [3.05, 3.63) is 17.2 Å². The quantitative estimate of drug-likeness (QED) is 0.751. The van der Waals surface area contributed by atoms with Crippen molar-refractivity contribution in [2.45, 2.75) is 13.3 Å². The first-order chi connectivity index (χ1) is 8.22. The minimum atomic E-state index is -0.404. The van der Waals surface area contributed by atoms with Gasteiger partial charge in [0.1, 0.15) is 0 Å². The Kier molecular flexibility index (Phi) is 3.08. The molecule has 0 fully saturated rings. The minimum absolute atomic E-state index is 0.138. The summed E-state index contributed by atoms with van der Waals surface area (Å²) in [5.41, 5.74) is 1.22. The molecule has 0 amide bonds. The van der Waals surface area contributed by atoms with E-state index >= 15 is 0 Å². The second kappa shape index (κ2) is 4.53. The van der Waals surface area contributed by atoms with Gasteiger partial charge in [0, 0.05) is 5.56 Å². The van der Waals surface area contributed by atoms with Crippen LogP contribution in [0.2, 0.25) is 0 Å². The molecule has 0 atom stereocenters. The molecule has 0 aliphatic carbocycles. The molecule has 1 aliphatic heterocycles. The van der Waals surface area contributed by atoms with E-state index in [-0.39, 0.29) is 6.79 Å². The molecule has 0 saturated heterocycles. The number of rotatable bonds is 3. The number of carbonyl (C=O) groups is 1. The van der Waals surface area contributed by atoms with Gasteiger partial charge in [-0.3, -0.25) is 0 Å². The van der Waals surface area contributed by atoms with Crippen molar-refractivity contribution in [2.75, 3.05) is 21.0 Å². The van der Waals surface area contributed by atoms with Gasteiger partial charge >= 0.3 is 5.97 Å². The van der Waals surface area contributed by atoms with E-state index in [0.29, 0.717) is 29.2 Å². The van der Waals surface area contributed by atoms with E-state index in [2.05, 4.69) is 0 Å². The van der Waals surface area contributed by atoms with Crippen molar-refractivity contribution in [1.29, 1.82) is 0 Å². The molecule has 0 spiro atoms. The lowest BCUT2D eigenvalue weighted by Gasteiger charge is -2.13. The van der Waals surface area contributed by atoms with Crippen molar-refractivity contribution in [3.63, 3.8) is 0 Å². The molecule has 2 rings (SSSR count). The number of hydrogen-bond acceptors (Lipinski definition) is 5. The number of carbonyl (C=O) groups excluding carboxylic acids is 1. The molecule has 1 aliphatic rings. The molecular formula is C12H14O5. The molecule has 92 valence electrons. The molecule has 5 nitrogen and oxygen atoms in total. The van der Waals surface area contributed by atoms with Crippen LogP contribution in [0, 0.1) is 0 Å². The van der Waals surface area contributed by atoms with E-state index in [4.69, 9.17) is 18.9 Å². The summed E-state index contributed by atoms with van der Waals surface area (Å²) in [7, 11) is 2.89. The maximum absolute atomic E-state index is 11.7. The van der Waals surface area contributed by atoms with Crippen LogP contribution in [0.25, 0.3) is 0 Å². The highest BCUT2D eigenvalue weighted by Gasteiger charge is 2.27. The lowest BCUT2D eigenvalue weighted by Crippen LogP contribution is -2.07. The molecule has 1 aromatic rings. The summed E-state index contributed by atoms with van der Waals surface area (Å²) in [5, 5.41) is 0. The van der Waals surface area contributed by atoms with Gasteiger partial charge in [-0.15, -0.1) is 0 Å². The van der Waals surface area contributed by atoms with Crippen LogP contribution in [0.4, 0.5) is 0 Å². The Bertz CT molecular complexity index is 453. The molecule has 17 heavy (non-hydrogen) atoms. The zero-order chi connectivity index (χ0) is 12.4. The molecule has 0 bridgehead atoms. The summed E-state index contributed by atoms with van der Waals surface area (Å²) in [6.07, 6.45) is 0.643. The van der Waals surface area contributed by atoms with Crippen molar-refractivity contribution in [2.24, 2.45) is 0 Å². The molecule has 0 radical (unpaired) electrons. The zero-order valence-corrected chi connectivity index (χ0v) is 10.0. The highest BCUT2D eigenvalue weighted by Crippen LogP contribution is 2.45. The maximum atomic E-state index is 11.7. The second-order valence-corrected chi connectivity index (χ2v) is 3.51. The van der Waals surface area contributed by atoms with E-state index in [1.165, 1.54) is 14.2 Å². The largest absolute Gasteiger partial charge is 0.492 e. The average Bonchev–Trinajstić information content (AvgIpc) is 2.83. The summed E-state index contributed by atoms with van der Waals surface area (Å²) >= 11 is 0. The van der Waals surface area contributed by atoms with Crippen LogP contribution in [0.15, 0.2) is 6.07 Å². The topological polar surface area (TPSA) is 54.0 Å². The summed E-state index contributed by atoms with van der Waals surface area (Å²) < 4.78 is 20.6. The SMILES string of the molecule is CCc1c(C(=O)OC)cc2c(c1OC)OCO2. The van der Waals surface area contributed by atoms with Gasteiger partial charge < -0.3 is 18.9 Å². The number of hydrogen-bond donors (Lipinski definition) is 0. The van der Waals surface area contributed by atoms with Gasteiger partial charge in [0.2, 0.25) is 12.5 Å². The predicted octanol–water partition coefficient (Wildman–Crippen LogP) is 1.77. The minimum Gasteiger partial charge on any atom is -0.492 e. The van der Waals surface area contributed by atoms with Crippen LogP contribution in [-0.4, -0.2) is 27.0 Å². The van der Waals surface area contributed by atoms with E-state index < -0.39 is 5.97 Å². The Morgan fingerprint density at radius 2 is 2.18 bits per heavy atom. The Balaban J connectivity index is 2.64. The first-order valence-electron chi connectivity index (χ1n) is 5.30. The summed E-state index contributed by atoms with van der Waals surface area (Å²) in [6, 6.07) is 1.63. The fourth-order valence-corrected chi connectivity index (χ4v) is 1.91. The highest BCUT2D eigenvalue weighted by molar-refractivity contribution is 5.93. The zero-order valence-electron chi connectivity index (χ0n) is 10.0. The van der Waals surface area contributed by atoms with Gasteiger partial charge in [-0.25, -0.2) is 4.79 Å². The monoisotopic (exact) mass is 238 g/mol. The van der Waals surface area contributed by atoms with E-state index in [9.17, 15) is 4.79 Å². The fraction of sp³-hybridized carbons (Fsp3) is 0.417. The summed E-state index contributed by atoms with van der Waals surface area (Å²) in [6.45, 7) is 2.08. The lowest BCUT2D eigenvalue weighted by atomic mass is 10.0. The van der Waals surface area contributed by atoms with Gasteiger partial charge in [0.25, 0.3) is 0 Å².